The fraction of sp³-hybridized carbons (Fsp3) is 0.292. The number of amides is 1. The van der Waals surface area contributed by atoms with Gasteiger partial charge in [-0.3, -0.25) is 4.79 Å². The second-order valence-corrected chi connectivity index (χ2v) is 7.46. The van der Waals surface area contributed by atoms with E-state index in [0.717, 1.165) is 47.8 Å². The summed E-state index contributed by atoms with van der Waals surface area (Å²) in [6, 6.07) is 21.7. The Hall–Kier alpha value is -3.41. The second kappa shape index (κ2) is 9.39. The lowest BCUT2D eigenvalue weighted by Gasteiger charge is -2.32. The van der Waals surface area contributed by atoms with Gasteiger partial charge in [-0.1, -0.05) is 48.5 Å². The topological polar surface area (TPSA) is 67.3 Å². The Morgan fingerprint density at radius 1 is 1.07 bits per heavy atom. The number of hydrogen-bond donors (Lipinski definition) is 1. The number of nitrogens with one attached hydrogen (secondary N) is 1. The highest BCUT2D eigenvalue weighted by molar-refractivity contribution is 5.79. The van der Waals surface area contributed by atoms with Crippen LogP contribution in [0.3, 0.4) is 0 Å². The molecule has 4 rings (SSSR count). The van der Waals surface area contributed by atoms with E-state index in [0.29, 0.717) is 13.1 Å². The molecule has 1 atom stereocenters. The van der Waals surface area contributed by atoms with Crippen LogP contribution in [0.4, 0.5) is 5.82 Å². The Kier molecular flexibility index (Phi) is 6.23. The molecule has 1 aliphatic rings. The minimum absolute atomic E-state index is 0.0657. The van der Waals surface area contributed by atoms with Gasteiger partial charge in [-0.2, -0.15) is 0 Å². The van der Waals surface area contributed by atoms with E-state index < -0.39 is 0 Å². The van der Waals surface area contributed by atoms with Crippen LogP contribution in [0.1, 0.15) is 18.4 Å². The number of ether oxygens (including phenoxy) is 1. The Bertz CT molecular complexity index is 976. The number of rotatable bonds is 6. The van der Waals surface area contributed by atoms with Crippen LogP contribution in [0, 0.1) is 5.92 Å². The van der Waals surface area contributed by atoms with Gasteiger partial charge >= 0.3 is 0 Å². The summed E-state index contributed by atoms with van der Waals surface area (Å²) in [6.07, 6.45) is 1.83. The number of anilines is 1. The molecule has 2 aromatic carbocycles. The zero-order valence-electron chi connectivity index (χ0n) is 17.1. The zero-order chi connectivity index (χ0) is 20.8. The molecule has 0 spiro atoms. The average Bonchev–Trinajstić information content (AvgIpc) is 2.83. The molecule has 6 nitrogen and oxygen atoms in total. The average molecular weight is 402 g/mol. The molecule has 1 aliphatic heterocycles. The molecule has 1 amide bonds. The van der Waals surface area contributed by atoms with Gasteiger partial charge in [0.1, 0.15) is 5.75 Å². The van der Waals surface area contributed by atoms with E-state index >= 15 is 0 Å². The van der Waals surface area contributed by atoms with Crippen molar-refractivity contribution in [3.05, 3.63) is 72.3 Å². The highest BCUT2D eigenvalue weighted by Crippen LogP contribution is 2.24. The van der Waals surface area contributed by atoms with Crippen LogP contribution >= 0.6 is 0 Å². The molecule has 1 aromatic heterocycles. The Morgan fingerprint density at radius 2 is 1.87 bits per heavy atom. The quantitative estimate of drug-likeness (QED) is 0.681. The first kappa shape index (κ1) is 19.9. The molecule has 154 valence electrons. The number of piperidine rings is 1. The van der Waals surface area contributed by atoms with Crippen molar-refractivity contribution in [1.29, 1.82) is 0 Å². The van der Waals surface area contributed by atoms with Crippen molar-refractivity contribution in [2.24, 2.45) is 5.92 Å². The Balaban J connectivity index is 1.37. The highest BCUT2D eigenvalue weighted by atomic mass is 16.5. The van der Waals surface area contributed by atoms with Crippen molar-refractivity contribution in [3.8, 4) is 17.0 Å². The number of hydrogen-bond acceptors (Lipinski definition) is 5. The van der Waals surface area contributed by atoms with Crippen LogP contribution in [0.2, 0.25) is 0 Å². The molecule has 2 heterocycles. The fourth-order valence-electron chi connectivity index (χ4n) is 3.83. The SMILES string of the molecule is COc1ccccc1CNC(=O)[C@H]1CCCN(c2ccc(-c3ccccc3)nn2)C1. The number of carbonyl (C=O) groups is 1. The van der Waals surface area contributed by atoms with E-state index in [1.54, 1.807) is 7.11 Å². The standard InChI is InChI=1S/C24H26N4O2/c1-30-22-12-6-5-10-19(22)16-25-24(29)20-11-7-15-28(17-20)23-14-13-21(26-27-23)18-8-3-2-4-9-18/h2-6,8-10,12-14,20H,7,11,15-17H2,1H3,(H,25,29)/t20-/m0/s1. The third kappa shape index (κ3) is 4.59. The molecule has 30 heavy (non-hydrogen) atoms. The van der Waals surface area contributed by atoms with Gasteiger partial charge in [0, 0.05) is 30.8 Å². The summed E-state index contributed by atoms with van der Waals surface area (Å²) in [5, 5.41) is 11.9. The van der Waals surface area contributed by atoms with Crippen LogP contribution in [0.15, 0.2) is 66.7 Å². The summed E-state index contributed by atoms with van der Waals surface area (Å²) in [5.41, 5.74) is 2.87. The summed E-state index contributed by atoms with van der Waals surface area (Å²) < 4.78 is 5.36. The van der Waals surface area contributed by atoms with Gasteiger partial charge in [0.15, 0.2) is 5.82 Å². The lowest BCUT2D eigenvalue weighted by molar-refractivity contribution is -0.125. The van der Waals surface area contributed by atoms with Crippen molar-refractivity contribution in [3.63, 3.8) is 0 Å². The van der Waals surface area contributed by atoms with Crippen molar-refractivity contribution < 1.29 is 9.53 Å². The van der Waals surface area contributed by atoms with E-state index in [-0.39, 0.29) is 11.8 Å². The monoisotopic (exact) mass is 402 g/mol. The third-order valence-electron chi connectivity index (χ3n) is 5.48. The minimum Gasteiger partial charge on any atom is -0.496 e. The van der Waals surface area contributed by atoms with Crippen molar-refractivity contribution in [1.82, 2.24) is 15.5 Å². The number of para-hydroxylation sites is 1. The van der Waals surface area contributed by atoms with Crippen molar-refractivity contribution in [2.45, 2.75) is 19.4 Å². The van der Waals surface area contributed by atoms with E-state index in [2.05, 4.69) is 20.4 Å². The second-order valence-electron chi connectivity index (χ2n) is 7.46. The van der Waals surface area contributed by atoms with Crippen LogP contribution in [-0.4, -0.2) is 36.3 Å². The lowest BCUT2D eigenvalue weighted by atomic mass is 9.97. The predicted octanol–water partition coefficient (Wildman–Crippen LogP) is 3.69. The molecule has 0 saturated carbocycles. The molecule has 0 bridgehead atoms. The molecule has 3 aromatic rings. The van der Waals surface area contributed by atoms with Crippen LogP contribution < -0.4 is 15.0 Å². The van der Waals surface area contributed by atoms with E-state index in [1.807, 2.05) is 66.7 Å². The Morgan fingerprint density at radius 3 is 2.63 bits per heavy atom. The molecule has 1 saturated heterocycles. The molecule has 1 fully saturated rings. The van der Waals surface area contributed by atoms with Gasteiger partial charge in [0.25, 0.3) is 0 Å². The first-order chi connectivity index (χ1) is 14.7. The maximum absolute atomic E-state index is 12.8. The third-order valence-corrected chi connectivity index (χ3v) is 5.48. The van der Waals surface area contributed by atoms with Crippen LogP contribution in [0.5, 0.6) is 5.75 Å². The summed E-state index contributed by atoms with van der Waals surface area (Å²) in [4.78, 5) is 14.9. The summed E-state index contributed by atoms with van der Waals surface area (Å²) in [5.74, 6) is 1.61. The van der Waals surface area contributed by atoms with Gasteiger partial charge in [-0.15, -0.1) is 10.2 Å². The lowest BCUT2D eigenvalue weighted by Crippen LogP contribution is -2.43. The van der Waals surface area contributed by atoms with E-state index in [9.17, 15) is 4.79 Å². The fourth-order valence-corrected chi connectivity index (χ4v) is 3.83. The first-order valence-corrected chi connectivity index (χ1v) is 10.3. The number of carbonyl (C=O) groups excluding carboxylic acids is 1. The number of nitrogens with zero attached hydrogens (tertiary/aromatic N) is 3. The predicted molar refractivity (Wildman–Crippen MR) is 117 cm³/mol. The highest BCUT2D eigenvalue weighted by Gasteiger charge is 2.26. The summed E-state index contributed by atoms with van der Waals surface area (Å²) >= 11 is 0. The van der Waals surface area contributed by atoms with Gasteiger partial charge in [0.2, 0.25) is 5.91 Å². The largest absolute Gasteiger partial charge is 0.496 e. The van der Waals surface area contributed by atoms with E-state index in [4.69, 9.17) is 4.74 Å². The molecule has 0 unspecified atom stereocenters. The van der Waals surface area contributed by atoms with Gasteiger partial charge < -0.3 is 15.0 Å². The first-order valence-electron chi connectivity index (χ1n) is 10.3. The smallest absolute Gasteiger partial charge is 0.225 e. The van der Waals surface area contributed by atoms with Gasteiger partial charge in [0.05, 0.1) is 18.7 Å². The molecule has 1 N–H and O–H groups in total. The molecular formula is C24H26N4O2. The summed E-state index contributed by atoms with van der Waals surface area (Å²) in [7, 11) is 1.64. The van der Waals surface area contributed by atoms with E-state index in [1.165, 1.54) is 0 Å². The van der Waals surface area contributed by atoms with Crippen LogP contribution in [-0.2, 0) is 11.3 Å². The summed E-state index contributed by atoms with van der Waals surface area (Å²) in [6.45, 7) is 2.00. The number of methoxy groups -OCH3 is 1. The molecule has 6 heteroatoms. The minimum atomic E-state index is -0.0657. The number of aromatic nitrogens is 2. The zero-order valence-corrected chi connectivity index (χ0v) is 17.1. The Labute approximate surface area is 176 Å². The van der Waals surface area contributed by atoms with Crippen molar-refractivity contribution >= 4 is 11.7 Å². The maximum Gasteiger partial charge on any atom is 0.225 e. The van der Waals surface area contributed by atoms with Gasteiger partial charge in [-0.05, 0) is 31.0 Å². The molecule has 0 radical (unpaired) electrons. The van der Waals surface area contributed by atoms with Crippen molar-refractivity contribution in [2.75, 3.05) is 25.1 Å². The normalized spacial score (nSPS) is 16.2. The molecule has 0 aliphatic carbocycles. The maximum atomic E-state index is 12.8. The molecular weight excluding hydrogens is 376 g/mol. The number of benzene rings is 2. The van der Waals surface area contributed by atoms with Gasteiger partial charge in [-0.25, -0.2) is 0 Å². The van der Waals surface area contributed by atoms with Crippen LogP contribution in [0.25, 0.3) is 11.3 Å².